The molecule has 2 N–H and O–H groups in total. The Balaban J connectivity index is 1.68. The van der Waals surface area contributed by atoms with Crippen LogP contribution in [0, 0.1) is 12.3 Å². The Hall–Kier alpha value is -2.30. The van der Waals surface area contributed by atoms with E-state index in [1.165, 1.54) is 44.1 Å². The fourth-order valence-corrected chi connectivity index (χ4v) is 3.91. The number of H-pyrrole nitrogens is 1. The molecule has 5 heteroatoms. The molecule has 1 aromatic heterocycles. The number of aryl methyl sites for hydroxylation is 1. The Morgan fingerprint density at radius 2 is 1.79 bits per heavy atom. The van der Waals surface area contributed by atoms with E-state index in [1.807, 2.05) is 0 Å². The normalized spacial score (nSPS) is 19.3. The summed E-state index contributed by atoms with van der Waals surface area (Å²) < 4.78 is 0. The molecular weight excluding hydrogens is 298 g/mol. The molecule has 1 saturated carbocycles. The number of hydrogen-bond donors (Lipinski definition) is 2. The van der Waals surface area contributed by atoms with Crippen LogP contribution in [-0.2, 0) is 0 Å². The molecule has 5 nitrogen and oxygen atoms in total. The Labute approximate surface area is 143 Å². The van der Waals surface area contributed by atoms with Gasteiger partial charge in [0.15, 0.2) is 0 Å². The van der Waals surface area contributed by atoms with Crippen LogP contribution in [0.5, 0.6) is 0 Å². The molecule has 1 aliphatic carbocycles. The van der Waals surface area contributed by atoms with Crippen LogP contribution >= 0.6 is 0 Å². The van der Waals surface area contributed by atoms with Crippen molar-refractivity contribution in [2.24, 2.45) is 0 Å². The van der Waals surface area contributed by atoms with E-state index in [1.54, 1.807) is 6.20 Å². The smallest absolute Gasteiger partial charge is 0.139 e. The number of hydrogen-bond acceptors (Lipinski definition) is 3. The first kappa shape index (κ1) is 15.2. The summed E-state index contributed by atoms with van der Waals surface area (Å²) in [6, 6.07) is 8.99. The van der Waals surface area contributed by atoms with E-state index < -0.39 is 0 Å². The third-order valence-corrected chi connectivity index (χ3v) is 5.34. The summed E-state index contributed by atoms with van der Waals surface area (Å²) in [6.07, 6.45) is 9.54. The highest BCUT2D eigenvalue weighted by Crippen LogP contribution is 2.33. The van der Waals surface area contributed by atoms with Gasteiger partial charge in [-0.25, -0.2) is 0 Å². The van der Waals surface area contributed by atoms with Gasteiger partial charge < -0.3 is 9.80 Å². The Morgan fingerprint density at radius 1 is 1.08 bits per heavy atom. The lowest BCUT2D eigenvalue weighted by Crippen LogP contribution is -2.51. The van der Waals surface area contributed by atoms with Crippen LogP contribution in [0.3, 0.4) is 0 Å². The van der Waals surface area contributed by atoms with E-state index >= 15 is 0 Å². The van der Waals surface area contributed by atoms with Crippen molar-refractivity contribution in [3.63, 3.8) is 0 Å². The second-order valence-electron chi connectivity index (χ2n) is 7.00. The molecule has 1 aliphatic heterocycles. The van der Waals surface area contributed by atoms with Crippen LogP contribution in [0.25, 0.3) is 0 Å². The standard InChI is InChI=1S/C19H25N5/c1-14-8-10-16(11-9-14)23-13-24(15-6-4-2-3-5-7-15)19-17(18(23)20)12-21-22-19/h8-12,15,20H,2-7,13H2,1H3,(H,21,22). The van der Waals surface area contributed by atoms with E-state index in [9.17, 15) is 0 Å². The van der Waals surface area contributed by atoms with Crippen LogP contribution in [0.2, 0.25) is 0 Å². The Kier molecular flexibility index (Phi) is 4.00. The van der Waals surface area contributed by atoms with E-state index in [2.05, 4.69) is 51.2 Å². The fourth-order valence-electron chi connectivity index (χ4n) is 3.91. The van der Waals surface area contributed by atoms with E-state index in [0.717, 1.165) is 23.7 Å². The highest BCUT2D eigenvalue weighted by molar-refractivity contribution is 6.12. The monoisotopic (exact) mass is 323 g/mol. The van der Waals surface area contributed by atoms with Gasteiger partial charge in [-0.15, -0.1) is 0 Å². The Bertz CT molecular complexity index is 710. The number of aromatic amines is 1. The molecule has 0 spiro atoms. The minimum atomic E-state index is 0.535. The van der Waals surface area contributed by atoms with Gasteiger partial charge >= 0.3 is 0 Å². The second kappa shape index (κ2) is 6.30. The van der Waals surface area contributed by atoms with Crippen molar-refractivity contribution in [3.8, 4) is 0 Å². The molecule has 24 heavy (non-hydrogen) atoms. The van der Waals surface area contributed by atoms with Gasteiger partial charge in [-0.05, 0) is 31.9 Å². The fraction of sp³-hybridized carbons (Fsp3) is 0.474. The number of aromatic nitrogens is 2. The number of rotatable bonds is 2. The molecule has 0 atom stereocenters. The number of anilines is 2. The summed E-state index contributed by atoms with van der Waals surface area (Å²) in [5.74, 6) is 1.56. The van der Waals surface area contributed by atoms with Crippen molar-refractivity contribution in [3.05, 3.63) is 41.6 Å². The summed E-state index contributed by atoms with van der Waals surface area (Å²) >= 11 is 0. The summed E-state index contributed by atoms with van der Waals surface area (Å²) in [7, 11) is 0. The van der Waals surface area contributed by atoms with Crippen molar-refractivity contribution in [1.82, 2.24) is 10.2 Å². The van der Waals surface area contributed by atoms with Gasteiger partial charge in [0.1, 0.15) is 11.7 Å². The zero-order valence-corrected chi connectivity index (χ0v) is 14.3. The van der Waals surface area contributed by atoms with Crippen molar-refractivity contribution >= 4 is 17.3 Å². The van der Waals surface area contributed by atoms with Gasteiger partial charge in [-0.1, -0.05) is 43.4 Å². The van der Waals surface area contributed by atoms with Crippen LogP contribution in [0.15, 0.2) is 30.5 Å². The molecule has 1 aromatic carbocycles. The molecule has 0 saturated heterocycles. The molecule has 2 heterocycles. The predicted octanol–water partition coefficient (Wildman–Crippen LogP) is 4.05. The molecule has 0 bridgehead atoms. The average Bonchev–Trinajstić information content (AvgIpc) is 2.93. The Morgan fingerprint density at radius 3 is 2.50 bits per heavy atom. The highest BCUT2D eigenvalue weighted by Gasteiger charge is 2.33. The highest BCUT2D eigenvalue weighted by atomic mass is 15.4. The predicted molar refractivity (Wildman–Crippen MR) is 97.9 cm³/mol. The topological polar surface area (TPSA) is 59.0 Å². The first-order valence-electron chi connectivity index (χ1n) is 8.97. The molecule has 2 aliphatic rings. The van der Waals surface area contributed by atoms with Crippen LogP contribution in [-0.4, -0.2) is 28.7 Å². The van der Waals surface area contributed by atoms with Gasteiger partial charge in [0, 0.05) is 11.7 Å². The number of benzene rings is 1. The minimum absolute atomic E-state index is 0.535. The number of nitrogens with one attached hydrogen (secondary N) is 2. The largest absolute Gasteiger partial charge is 0.335 e. The van der Waals surface area contributed by atoms with Gasteiger partial charge in [-0.3, -0.25) is 10.5 Å². The molecular formula is C19H25N5. The lowest BCUT2D eigenvalue weighted by Gasteiger charge is -2.41. The molecule has 126 valence electrons. The third kappa shape index (κ3) is 2.68. The van der Waals surface area contributed by atoms with Gasteiger partial charge in [0.05, 0.1) is 18.4 Å². The number of amidine groups is 1. The molecule has 4 rings (SSSR count). The zero-order valence-electron chi connectivity index (χ0n) is 14.3. The third-order valence-electron chi connectivity index (χ3n) is 5.34. The van der Waals surface area contributed by atoms with Gasteiger partial charge in [0.25, 0.3) is 0 Å². The lowest BCUT2D eigenvalue weighted by molar-refractivity contribution is 0.520. The molecule has 2 aromatic rings. The minimum Gasteiger partial charge on any atom is -0.335 e. The molecule has 0 amide bonds. The second-order valence-corrected chi connectivity index (χ2v) is 7.00. The van der Waals surface area contributed by atoms with Gasteiger partial charge in [0.2, 0.25) is 0 Å². The maximum absolute atomic E-state index is 8.62. The van der Waals surface area contributed by atoms with Gasteiger partial charge in [-0.2, -0.15) is 5.10 Å². The summed E-state index contributed by atoms with van der Waals surface area (Å²) in [5.41, 5.74) is 3.23. The maximum Gasteiger partial charge on any atom is 0.139 e. The van der Waals surface area contributed by atoms with Crippen LogP contribution < -0.4 is 9.80 Å². The van der Waals surface area contributed by atoms with Crippen LogP contribution in [0.1, 0.15) is 49.7 Å². The average molecular weight is 323 g/mol. The quantitative estimate of drug-likeness (QED) is 0.820. The SMILES string of the molecule is Cc1ccc(N2CN(C3CCCCCC3)c3[nH]ncc3C2=N)cc1. The number of nitrogens with zero attached hydrogens (tertiary/aromatic N) is 3. The summed E-state index contributed by atoms with van der Waals surface area (Å²) in [4.78, 5) is 4.54. The lowest BCUT2D eigenvalue weighted by atomic mass is 10.0. The van der Waals surface area contributed by atoms with Crippen LogP contribution in [0.4, 0.5) is 11.5 Å². The van der Waals surface area contributed by atoms with Crippen molar-refractivity contribution in [2.45, 2.75) is 51.5 Å². The van der Waals surface area contributed by atoms with Crippen molar-refractivity contribution in [1.29, 1.82) is 5.41 Å². The summed E-state index contributed by atoms with van der Waals surface area (Å²) in [6.45, 7) is 2.82. The zero-order chi connectivity index (χ0) is 16.5. The van der Waals surface area contributed by atoms with Crippen molar-refractivity contribution < 1.29 is 0 Å². The van der Waals surface area contributed by atoms with E-state index in [4.69, 9.17) is 5.41 Å². The van der Waals surface area contributed by atoms with E-state index in [0.29, 0.717) is 11.9 Å². The van der Waals surface area contributed by atoms with E-state index in [-0.39, 0.29) is 0 Å². The maximum atomic E-state index is 8.62. The number of fused-ring (bicyclic) bond motifs is 1. The first-order chi connectivity index (χ1) is 11.7. The first-order valence-corrected chi connectivity index (χ1v) is 8.97. The molecule has 0 unspecified atom stereocenters. The molecule has 0 radical (unpaired) electrons. The molecule has 1 fully saturated rings. The summed E-state index contributed by atoms with van der Waals surface area (Å²) in [5, 5.41) is 16.0. The van der Waals surface area contributed by atoms with Crippen molar-refractivity contribution in [2.75, 3.05) is 16.5 Å².